The number of benzene rings is 1. The molecule has 0 fully saturated rings. The molecule has 35 heavy (non-hydrogen) atoms. The maximum absolute atomic E-state index is 13.5. The van der Waals surface area contributed by atoms with Gasteiger partial charge in [0, 0.05) is 29.7 Å². The summed E-state index contributed by atoms with van der Waals surface area (Å²) in [5.41, 5.74) is -1.82. The van der Waals surface area contributed by atoms with Crippen molar-refractivity contribution in [2.45, 2.75) is 17.2 Å². The Bertz CT molecular complexity index is 1500. The number of aromatic nitrogens is 4. The first-order chi connectivity index (χ1) is 16.2. The van der Waals surface area contributed by atoms with E-state index in [0.29, 0.717) is 0 Å². The number of hydrogen-bond acceptors (Lipinski definition) is 5. The third kappa shape index (κ3) is 5.33. The first-order valence-electron chi connectivity index (χ1n) is 9.51. The van der Waals surface area contributed by atoms with Crippen molar-refractivity contribution in [1.29, 1.82) is 0 Å². The van der Waals surface area contributed by atoms with Crippen molar-refractivity contribution < 1.29 is 34.8 Å². The quantitative estimate of drug-likeness (QED) is 0.399. The van der Waals surface area contributed by atoms with Crippen LogP contribution >= 0.6 is 0 Å². The number of pyridine rings is 2. The van der Waals surface area contributed by atoms with Gasteiger partial charge in [0.2, 0.25) is 10.0 Å². The van der Waals surface area contributed by atoms with Crippen LogP contribution in [0.1, 0.15) is 11.1 Å². The highest BCUT2D eigenvalue weighted by Gasteiger charge is 2.33. The number of alkyl halides is 6. The van der Waals surface area contributed by atoms with Gasteiger partial charge in [-0.25, -0.2) is 23.5 Å². The standard InChI is InChI=1S/C21H13F6N5O2S/c22-20(23,24)14-3-1-12(2-4-14)17-6-15(21(25,26)27)7-19(31-17)32-10-18(30-11-32)13-5-16(9-29-8-13)35(28,33)34/h1-11H,(H2,28,33,34). The van der Waals surface area contributed by atoms with E-state index in [4.69, 9.17) is 5.14 Å². The summed E-state index contributed by atoms with van der Waals surface area (Å²) >= 11 is 0. The van der Waals surface area contributed by atoms with Gasteiger partial charge in [-0.1, -0.05) is 12.1 Å². The number of primary sulfonamides is 1. The van der Waals surface area contributed by atoms with Crippen molar-refractivity contribution >= 4 is 10.0 Å². The van der Waals surface area contributed by atoms with Gasteiger partial charge >= 0.3 is 12.4 Å². The molecule has 3 aromatic heterocycles. The van der Waals surface area contributed by atoms with E-state index in [0.717, 1.165) is 53.5 Å². The monoisotopic (exact) mass is 513 g/mol. The first kappa shape index (κ1) is 24.3. The molecule has 0 unspecified atom stereocenters. The number of sulfonamides is 1. The fourth-order valence-electron chi connectivity index (χ4n) is 3.10. The molecule has 182 valence electrons. The van der Waals surface area contributed by atoms with Gasteiger partial charge in [-0.3, -0.25) is 9.55 Å². The summed E-state index contributed by atoms with van der Waals surface area (Å²) < 4.78 is 103. The average Bonchev–Trinajstić information content (AvgIpc) is 3.28. The Morgan fingerprint density at radius 2 is 1.46 bits per heavy atom. The Balaban J connectivity index is 1.78. The molecule has 0 aliphatic carbocycles. The summed E-state index contributed by atoms with van der Waals surface area (Å²) in [6.45, 7) is 0. The van der Waals surface area contributed by atoms with Gasteiger partial charge in [-0.15, -0.1) is 0 Å². The maximum atomic E-state index is 13.5. The van der Waals surface area contributed by atoms with Gasteiger partial charge in [-0.2, -0.15) is 26.3 Å². The number of rotatable bonds is 4. The van der Waals surface area contributed by atoms with Crippen LogP contribution in [0.3, 0.4) is 0 Å². The zero-order valence-electron chi connectivity index (χ0n) is 17.2. The van der Waals surface area contributed by atoms with E-state index in [1.807, 2.05) is 0 Å². The molecule has 4 rings (SSSR count). The van der Waals surface area contributed by atoms with Gasteiger partial charge in [0.05, 0.1) is 22.5 Å². The van der Waals surface area contributed by atoms with Crippen LogP contribution in [0, 0.1) is 0 Å². The molecule has 1 aromatic carbocycles. The number of nitrogens with two attached hydrogens (primary N) is 1. The van der Waals surface area contributed by atoms with Crippen LogP contribution in [-0.2, 0) is 22.4 Å². The predicted octanol–water partition coefficient (Wildman–Crippen LogP) is 4.68. The van der Waals surface area contributed by atoms with Crippen molar-refractivity contribution in [3.05, 3.63) is 78.5 Å². The van der Waals surface area contributed by atoms with Crippen molar-refractivity contribution in [3.8, 4) is 28.3 Å². The Kier molecular flexibility index (Phi) is 5.89. The molecule has 3 heterocycles. The van der Waals surface area contributed by atoms with Crippen LogP contribution in [-0.4, -0.2) is 27.9 Å². The van der Waals surface area contributed by atoms with E-state index < -0.39 is 33.5 Å². The lowest BCUT2D eigenvalue weighted by atomic mass is 10.1. The molecule has 0 aliphatic rings. The second-order valence-corrected chi connectivity index (χ2v) is 8.85. The average molecular weight is 513 g/mol. The Morgan fingerprint density at radius 3 is 2.06 bits per heavy atom. The summed E-state index contributed by atoms with van der Waals surface area (Å²) in [4.78, 5) is 11.7. The molecule has 0 spiro atoms. The molecule has 0 saturated heterocycles. The lowest BCUT2D eigenvalue weighted by Gasteiger charge is -2.13. The SMILES string of the molecule is NS(=O)(=O)c1cncc(-c2cn(-c3cc(C(F)(F)F)cc(-c4ccc(C(F)(F)F)cc4)n3)cn2)c1. The van der Waals surface area contributed by atoms with Gasteiger partial charge in [-0.05, 0) is 30.3 Å². The van der Waals surface area contributed by atoms with Gasteiger partial charge < -0.3 is 0 Å². The van der Waals surface area contributed by atoms with Gasteiger partial charge in [0.1, 0.15) is 17.0 Å². The number of halogens is 6. The molecule has 0 amide bonds. The topological polar surface area (TPSA) is 104 Å². The van der Waals surface area contributed by atoms with Crippen molar-refractivity contribution in [2.24, 2.45) is 5.14 Å². The van der Waals surface area contributed by atoms with E-state index in [9.17, 15) is 34.8 Å². The minimum atomic E-state index is -4.77. The summed E-state index contributed by atoms with van der Waals surface area (Å²) in [7, 11) is -4.05. The first-order valence-corrected chi connectivity index (χ1v) is 11.1. The number of nitrogens with zero attached hydrogens (tertiary/aromatic N) is 4. The van der Waals surface area contributed by atoms with Gasteiger partial charge in [0.25, 0.3) is 0 Å². The molecular formula is C21H13F6N5O2S. The minimum absolute atomic E-state index is 0.0377. The molecule has 0 atom stereocenters. The number of imidazole rings is 1. The van der Waals surface area contributed by atoms with Crippen LogP contribution in [0.2, 0.25) is 0 Å². The Hall–Kier alpha value is -3.78. The molecule has 0 bridgehead atoms. The summed E-state index contributed by atoms with van der Waals surface area (Å²) in [5, 5.41) is 5.09. The fraction of sp³-hybridized carbons (Fsp3) is 0.0952. The van der Waals surface area contributed by atoms with E-state index in [1.54, 1.807) is 0 Å². The van der Waals surface area contributed by atoms with Gasteiger partial charge in [0.15, 0.2) is 0 Å². The minimum Gasteiger partial charge on any atom is -0.290 e. The van der Waals surface area contributed by atoms with Crippen molar-refractivity contribution in [3.63, 3.8) is 0 Å². The maximum Gasteiger partial charge on any atom is 0.416 e. The Morgan fingerprint density at radius 1 is 0.800 bits per heavy atom. The van der Waals surface area contributed by atoms with E-state index in [-0.39, 0.29) is 33.2 Å². The summed E-state index contributed by atoms with van der Waals surface area (Å²) in [6.07, 6.45) is -4.61. The zero-order chi connectivity index (χ0) is 25.6. The second kappa shape index (κ2) is 8.46. The molecular weight excluding hydrogens is 500 g/mol. The zero-order valence-corrected chi connectivity index (χ0v) is 18.0. The van der Waals surface area contributed by atoms with Crippen molar-refractivity contribution in [1.82, 2.24) is 19.5 Å². The van der Waals surface area contributed by atoms with Crippen LogP contribution in [0.5, 0.6) is 0 Å². The number of hydrogen-bond donors (Lipinski definition) is 1. The largest absolute Gasteiger partial charge is 0.416 e. The van der Waals surface area contributed by atoms with E-state index >= 15 is 0 Å². The molecule has 7 nitrogen and oxygen atoms in total. The van der Waals surface area contributed by atoms with Crippen LogP contribution in [0.4, 0.5) is 26.3 Å². The summed E-state index contributed by atoms with van der Waals surface area (Å²) in [6, 6.07) is 6.22. The molecule has 14 heteroatoms. The summed E-state index contributed by atoms with van der Waals surface area (Å²) in [5.74, 6) is -0.218. The molecule has 0 radical (unpaired) electrons. The second-order valence-electron chi connectivity index (χ2n) is 7.29. The smallest absolute Gasteiger partial charge is 0.290 e. The van der Waals surface area contributed by atoms with Crippen molar-refractivity contribution in [2.75, 3.05) is 0 Å². The molecule has 0 aliphatic heterocycles. The van der Waals surface area contributed by atoms with Crippen LogP contribution in [0.25, 0.3) is 28.3 Å². The molecule has 2 N–H and O–H groups in total. The predicted molar refractivity (Wildman–Crippen MR) is 111 cm³/mol. The lowest BCUT2D eigenvalue weighted by molar-refractivity contribution is -0.138. The fourth-order valence-corrected chi connectivity index (χ4v) is 3.60. The third-order valence-electron chi connectivity index (χ3n) is 4.83. The highest BCUT2D eigenvalue weighted by atomic mass is 32.2. The third-order valence-corrected chi connectivity index (χ3v) is 5.71. The highest BCUT2D eigenvalue weighted by molar-refractivity contribution is 7.89. The van der Waals surface area contributed by atoms with E-state index in [1.165, 1.54) is 18.5 Å². The van der Waals surface area contributed by atoms with Crippen LogP contribution < -0.4 is 5.14 Å². The Labute approximate surface area is 194 Å². The van der Waals surface area contributed by atoms with Crippen LogP contribution in [0.15, 0.2) is 72.3 Å². The molecule has 4 aromatic rings. The highest BCUT2D eigenvalue weighted by Crippen LogP contribution is 2.35. The lowest BCUT2D eigenvalue weighted by Crippen LogP contribution is -2.12. The molecule has 0 saturated carbocycles. The van der Waals surface area contributed by atoms with E-state index in [2.05, 4.69) is 15.0 Å². The normalized spacial score (nSPS) is 12.7.